The summed E-state index contributed by atoms with van der Waals surface area (Å²) in [6, 6.07) is 12.5. The lowest BCUT2D eigenvalue weighted by Gasteiger charge is -2.05. The lowest BCUT2D eigenvalue weighted by atomic mass is 10.2. The van der Waals surface area contributed by atoms with Crippen LogP contribution in [-0.2, 0) is 13.1 Å². The lowest BCUT2D eigenvalue weighted by molar-refractivity contribution is -0.823. The molecule has 0 saturated heterocycles. The summed E-state index contributed by atoms with van der Waals surface area (Å²) in [4.78, 5) is 0. The molecule has 3 aromatic heterocycles. The molecule has 1 aliphatic rings. The summed E-state index contributed by atoms with van der Waals surface area (Å²) < 4.78 is 6.31. The maximum absolute atomic E-state index is 4.57. The molecule has 0 unspecified atom stereocenters. The van der Waals surface area contributed by atoms with Crippen molar-refractivity contribution in [1.82, 2.24) is 9.73 Å². The molecule has 0 aromatic carbocycles. The monoisotopic (exact) mass is 224 g/mol. The zero-order chi connectivity index (χ0) is 11.2. The first kappa shape index (κ1) is 8.87. The maximum Gasteiger partial charge on any atom is 0.269 e. The second-order valence-electron chi connectivity index (χ2n) is 4.27. The standard InChI is InChI=1S/C13H12N4/c1-3-7-15-9-10-17-13(11(15)5-1)12-6-2-4-8-16(12)14-17/h1-8H,9-10H2/q+2. The molecular formula is C13H12N4+2. The van der Waals surface area contributed by atoms with Gasteiger partial charge in [-0.2, -0.15) is 4.57 Å². The maximum atomic E-state index is 4.57. The van der Waals surface area contributed by atoms with Crippen molar-refractivity contribution in [2.24, 2.45) is 0 Å². The molecule has 3 aromatic rings. The quantitative estimate of drug-likeness (QED) is 0.513. The summed E-state index contributed by atoms with van der Waals surface area (Å²) >= 11 is 0. The minimum Gasteiger partial charge on any atom is -0.191 e. The average molecular weight is 224 g/mol. The first-order chi connectivity index (χ1) is 8.43. The third-order valence-electron chi connectivity index (χ3n) is 3.28. The van der Waals surface area contributed by atoms with Crippen LogP contribution in [0.15, 0.2) is 48.8 Å². The molecule has 4 rings (SSSR count). The van der Waals surface area contributed by atoms with Crippen molar-refractivity contribution >= 4 is 5.52 Å². The lowest BCUT2D eigenvalue weighted by Crippen LogP contribution is -2.53. The molecule has 0 bridgehead atoms. The second kappa shape index (κ2) is 3.13. The van der Waals surface area contributed by atoms with Gasteiger partial charge in [-0.05, 0) is 18.2 Å². The van der Waals surface area contributed by atoms with E-state index in [-0.39, 0.29) is 0 Å². The number of aromatic nitrogens is 4. The summed E-state index contributed by atoms with van der Waals surface area (Å²) in [5, 5.41) is 4.57. The van der Waals surface area contributed by atoms with Crippen LogP contribution < -0.4 is 9.25 Å². The van der Waals surface area contributed by atoms with Crippen LogP contribution in [0.2, 0.25) is 0 Å². The van der Waals surface area contributed by atoms with Gasteiger partial charge in [-0.25, -0.2) is 0 Å². The highest BCUT2D eigenvalue weighted by Crippen LogP contribution is 2.18. The smallest absolute Gasteiger partial charge is 0.191 e. The number of aryl methyl sites for hydroxylation is 2. The molecule has 4 heteroatoms. The number of nitrogens with zero attached hydrogens (tertiary/aromatic N) is 4. The number of hydrogen-bond donors (Lipinski definition) is 0. The molecule has 4 nitrogen and oxygen atoms in total. The predicted molar refractivity (Wildman–Crippen MR) is 61.0 cm³/mol. The van der Waals surface area contributed by atoms with Crippen molar-refractivity contribution in [1.29, 1.82) is 0 Å². The highest BCUT2D eigenvalue weighted by molar-refractivity contribution is 5.69. The van der Waals surface area contributed by atoms with Gasteiger partial charge in [-0.1, -0.05) is 6.07 Å². The SMILES string of the molecule is c1cc[n+]2c(c1)-c1c3ccccn3n[n+]1CC2. The van der Waals surface area contributed by atoms with E-state index in [0.717, 1.165) is 18.6 Å². The number of fused-ring (bicyclic) bond motifs is 5. The van der Waals surface area contributed by atoms with E-state index in [9.17, 15) is 0 Å². The van der Waals surface area contributed by atoms with Gasteiger partial charge in [0.25, 0.3) is 11.4 Å². The van der Waals surface area contributed by atoms with Gasteiger partial charge in [-0.3, -0.25) is 0 Å². The predicted octanol–water partition coefficient (Wildman–Crippen LogP) is 0.590. The largest absolute Gasteiger partial charge is 0.269 e. The van der Waals surface area contributed by atoms with Crippen LogP contribution >= 0.6 is 0 Å². The van der Waals surface area contributed by atoms with E-state index in [1.807, 2.05) is 16.8 Å². The van der Waals surface area contributed by atoms with Gasteiger partial charge in [0, 0.05) is 12.1 Å². The normalized spacial score (nSPS) is 13.4. The Hall–Kier alpha value is -2.23. The first-order valence-corrected chi connectivity index (χ1v) is 5.80. The number of pyridine rings is 2. The Morgan fingerprint density at radius 2 is 2.00 bits per heavy atom. The second-order valence-corrected chi connectivity index (χ2v) is 4.27. The topological polar surface area (TPSA) is 25.1 Å². The third-order valence-corrected chi connectivity index (χ3v) is 3.28. The van der Waals surface area contributed by atoms with Gasteiger partial charge in [-0.15, -0.1) is 9.20 Å². The summed E-state index contributed by atoms with van der Waals surface area (Å²) in [5.74, 6) is 0. The highest BCUT2D eigenvalue weighted by Gasteiger charge is 2.32. The van der Waals surface area contributed by atoms with E-state index in [0.29, 0.717) is 0 Å². The molecule has 0 atom stereocenters. The zero-order valence-corrected chi connectivity index (χ0v) is 9.32. The van der Waals surface area contributed by atoms with E-state index in [1.165, 1.54) is 11.4 Å². The van der Waals surface area contributed by atoms with Gasteiger partial charge in [0.1, 0.15) is 6.20 Å². The van der Waals surface area contributed by atoms with Crippen LogP contribution in [0, 0.1) is 0 Å². The van der Waals surface area contributed by atoms with Gasteiger partial charge in [0.05, 0.1) is 5.21 Å². The Morgan fingerprint density at radius 3 is 3.00 bits per heavy atom. The van der Waals surface area contributed by atoms with Gasteiger partial charge in [0.15, 0.2) is 19.3 Å². The fourth-order valence-corrected chi connectivity index (χ4v) is 2.50. The van der Waals surface area contributed by atoms with Crippen molar-refractivity contribution in [3.05, 3.63) is 48.8 Å². The van der Waals surface area contributed by atoms with Crippen LogP contribution in [0.5, 0.6) is 0 Å². The van der Waals surface area contributed by atoms with E-state index >= 15 is 0 Å². The Kier molecular flexibility index (Phi) is 1.63. The Morgan fingerprint density at radius 1 is 1.06 bits per heavy atom. The van der Waals surface area contributed by atoms with Crippen LogP contribution in [0.3, 0.4) is 0 Å². The number of hydrogen-bond acceptors (Lipinski definition) is 1. The molecule has 0 amide bonds. The van der Waals surface area contributed by atoms with Gasteiger partial charge in [0.2, 0.25) is 5.52 Å². The molecule has 4 heterocycles. The first-order valence-electron chi connectivity index (χ1n) is 5.80. The van der Waals surface area contributed by atoms with Gasteiger partial charge >= 0.3 is 0 Å². The molecule has 0 fully saturated rings. The van der Waals surface area contributed by atoms with Crippen LogP contribution in [0.25, 0.3) is 16.9 Å². The van der Waals surface area contributed by atoms with Crippen molar-refractivity contribution < 1.29 is 9.25 Å². The molecule has 0 spiro atoms. The minimum absolute atomic E-state index is 0.929. The number of rotatable bonds is 0. The van der Waals surface area contributed by atoms with E-state index in [1.54, 1.807) is 0 Å². The van der Waals surface area contributed by atoms with Crippen molar-refractivity contribution in [3.63, 3.8) is 0 Å². The summed E-state index contributed by atoms with van der Waals surface area (Å²) in [7, 11) is 0. The minimum atomic E-state index is 0.929. The molecule has 0 aliphatic carbocycles. The molecule has 0 radical (unpaired) electrons. The fourth-order valence-electron chi connectivity index (χ4n) is 2.50. The van der Waals surface area contributed by atoms with E-state index in [4.69, 9.17) is 0 Å². The zero-order valence-electron chi connectivity index (χ0n) is 9.32. The highest BCUT2D eigenvalue weighted by atomic mass is 15.5. The third kappa shape index (κ3) is 1.15. The summed E-state index contributed by atoms with van der Waals surface area (Å²) in [6.07, 6.45) is 4.12. The average Bonchev–Trinajstić information content (AvgIpc) is 2.77. The molecule has 0 N–H and O–H groups in total. The van der Waals surface area contributed by atoms with Crippen LogP contribution in [-0.4, -0.2) is 9.73 Å². The van der Waals surface area contributed by atoms with Crippen molar-refractivity contribution in [2.75, 3.05) is 0 Å². The fraction of sp³-hybridized carbons (Fsp3) is 0.154. The summed E-state index contributed by atoms with van der Waals surface area (Å²) in [6.45, 7) is 1.91. The van der Waals surface area contributed by atoms with E-state index in [2.05, 4.69) is 51.0 Å². The Labute approximate surface area is 98.3 Å². The molecule has 17 heavy (non-hydrogen) atoms. The van der Waals surface area contributed by atoms with Crippen molar-refractivity contribution in [2.45, 2.75) is 13.1 Å². The van der Waals surface area contributed by atoms with Gasteiger partial charge < -0.3 is 0 Å². The molecular weight excluding hydrogens is 212 g/mol. The Bertz CT molecular complexity index is 714. The van der Waals surface area contributed by atoms with Crippen LogP contribution in [0.4, 0.5) is 0 Å². The Balaban J connectivity index is 2.14. The van der Waals surface area contributed by atoms with Crippen molar-refractivity contribution in [3.8, 4) is 11.4 Å². The molecule has 0 saturated carbocycles. The van der Waals surface area contributed by atoms with E-state index < -0.39 is 0 Å². The molecule has 1 aliphatic heterocycles. The molecule has 82 valence electrons. The summed E-state index contributed by atoms with van der Waals surface area (Å²) in [5.41, 5.74) is 3.60. The van der Waals surface area contributed by atoms with Crippen LogP contribution in [0.1, 0.15) is 0 Å².